The van der Waals surface area contributed by atoms with Crippen molar-refractivity contribution in [2.45, 2.75) is 90.4 Å². The number of halogens is 2. The van der Waals surface area contributed by atoms with E-state index in [1.54, 1.807) is 24.3 Å². The Balaban J connectivity index is 0.000000201. The Labute approximate surface area is 252 Å². The minimum absolute atomic E-state index is 0.0363. The fourth-order valence-corrected chi connectivity index (χ4v) is 6.50. The number of thiazole rings is 1. The molecule has 0 spiro atoms. The molecule has 0 saturated carbocycles. The van der Waals surface area contributed by atoms with E-state index >= 15 is 0 Å². The molecule has 0 radical (unpaired) electrons. The van der Waals surface area contributed by atoms with Crippen LogP contribution in [0.3, 0.4) is 0 Å². The maximum absolute atomic E-state index is 12.8. The molecule has 2 aromatic carbocycles. The predicted molar refractivity (Wildman–Crippen MR) is 169 cm³/mol. The molecule has 216 valence electrons. The maximum atomic E-state index is 12.8. The number of nitrogens with one attached hydrogen (secondary N) is 1. The van der Waals surface area contributed by atoms with Gasteiger partial charge in [0.2, 0.25) is 0 Å². The summed E-state index contributed by atoms with van der Waals surface area (Å²) in [7, 11) is -1.48. The van der Waals surface area contributed by atoms with Crippen LogP contribution in [-0.4, -0.2) is 57.1 Å². The molecule has 10 heteroatoms. The first-order chi connectivity index (χ1) is 19.1. The van der Waals surface area contributed by atoms with E-state index in [1.165, 1.54) is 37.0 Å². The molecule has 4 unspecified atom stereocenters. The number of amides is 1. The number of nitrogens with zero attached hydrogens (tertiary/aromatic N) is 2. The maximum Gasteiger partial charge on any atom is 0.489 e. The van der Waals surface area contributed by atoms with Crippen LogP contribution in [0.25, 0.3) is 10.6 Å². The van der Waals surface area contributed by atoms with Crippen molar-refractivity contribution in [1.82, 2.24) is 15.2 Å². The Kier molecular flexibility index (Phi) is 12.9. The highest BCUT2D eigenvalue weighted by molar-refractivity contribution is 7.13. The lowest BCUT2D eigenvalue weighted by molar-refractivity contribution is 0.0505. The summed E-state index contributed by atoms with van der Waals surface area (Å²) < 4.78 is 0. The first kappa shape index (κ1) is 32.6. The van der Waals surface area contributed by atoms with Crippen LogP contribution in [0, 0.1) is 0 Å². The fourth-order valence-electron chi connectivity index (χ4n) is 5.15. The molecule has 40 heavy (non-hydrogen) atoms. The van der Waals surface area contributed by atoms with E-state index in [0.717, 1.165) is 35.5 Å². The monoisotopic (exact) mass is 603 g/mol. The largest absolute Gasteiger partial charge is 0.489 e. The zero-order valence-corrected chi connectivity index (χ0v) is 26.0. The van der Waals surface area contributed by atoms with Crippen LogP contribution in [0.4, 0.5) is 0 Å². The fraction of sp³-hybridized carbons (Fsp3) is 0.467. The third-order valence-corrected chi connectivity index (χ3v) is 8.83. The van der Waals surface area contributed by atoms with Crippen LogP contribution in [-0.2, 0) is 0 Å². The lowest BCUT2D eigenvalue weighted by atomic mass is 9.80. The zero-order valence-electron chi connectivity index (χ0n) is 23.7. The second-order valence-corrected chi connectivity index (χ2v) is 12.3. The normalized spacial score (nSPS) is 22.4. The Hall–Kier alpha value is -1.94. The molecular weight excluding hydrogens is 564 g/mol. The van der Waals surface area contributed by atoms with Crippen LogP contribution < -0.4 is 10.8 Å². The molecule has 3 N–H and O–H groups in total. The lowest BCUT2D eigenvalue weighted by Crippen LogP contribution is -2.47. The molecule has 6 nitrogen and oxygen atoms in total. The highest BCUT2D eigenvalue weighted by Crippen LogP contribution is 2.31. The highest BCUT2D eigenvalue weighted by atomic mass is 35.5. The molecule has 2 aliphatic heterocycles. The van der Waals surface area contributed by atoms with Gasteiger partial charge in [0.1, 0.15) is 10.7 Å². The van der Waals surface area contributed by atoms with Crippen molar-refractivity contribution in [3.63, 3.8) is 0 Å². The Morgan fingerprint density at radius 3 is 1.95 bits per heavy atom. The Bertz CT molecular complexity index is 1210. The average Bonchev–Trinajstić information content (AvgIpc) is 3.40. The first-order valence-electron chi connectivity index (χ1n) is 14.0. The van der Waals surface area contributed by atoms with Gasteiger partial charge >= 0.3 is 7.12 Å². The summed E-state index contributed by atoms with van der Waals surface area (Å²) in [5.74, 6) is 0.0363. The van der Waals surface area contributed by atoms with Crippen LogP contribution >= 0.6 is 34.5 Å². The minimum atomic E-state index is -1.48. The number of hydrogen-bond donors (Lipinski definition) is 3. The van der Waals surface area contributed by atoms with Crippen LogP contribution in [0.15, 0.2) is 53.9 Å². The van der Waals surface area contributed by atoms with Gasteiger partial charge in [-0.1, -0.05) is 66.0 Å². The third kappa shape index (κ3) is 9.30. The number of hydrogen-bond acceptors (Lipinski definition) is 6. The summed E-state index contributed by atoms with van der Waals surface area (Å²) in [4.78, 5) is 19.3. The third-order valence-electron chi connectivity index (χ3n) is 7.28. The molecular formula is C30H40BCl2N3O3S. The molecule has 5 rings (SSSR count). The summed E-state index contributed by atoms with van der Waals surface area (Å²) in [6, 6.07) is 16.3. The van der Waals surface area contributed by atoms with E-state index < -0.39 is 7.12 Å². The summed E-state index contributed by atoms with van der Waals surface area (Å²) in [5.41, 5.74) is 1.75. The zero-order chi connectivity index (χ0) is 29.2. The van der Waals surface area contributed by atoms with Crippen LogP contribution in [0.1, 0.15) is 76.7 Å². The summed E-state index contributed by atoms with van der Waals surface area (Å²) in [6.07, 6.45) is 7.47. The number of rotatable bonds is 3. The van der Waals surface area contributed by atoms with Gasteiger partial charge in [0.05, 0.1) is 5.02 Å². The quantitative estimate of drug-likeness (QED) is 0.301. The number of benzene rings is 2. The molecule has 2 fully saturated rings. The van der Waals surface area contributed by atoms with Crippen molar-refractivity contribution >= 4 is 53.0 Å². The highest BCUT2D eigenvalue weighted by Gasteiger charge is 2.31. The van der Waals surface area contributed by atoms with Gasteiger partial charge < -0.3 is 20.3 Å². The summed E-state index contributed by atoms with van der Waals surface area (Å²) in [6.45, 7) is 8.76. The van der Waals surface area contributed by atoms with Gasteiger partial charge in [-0.05, 0) is 71.9 Å². The molecule has 3 heterocycles. The number of likely N-dealkylation sites (tertiary alicyclic amines) is 1. The molecule has 1 aromatic heterocycles. The minimum Gasteiger partial charge on any atom is -0.423 e. The Morgan fingerprint density at radius 1 is 0.900 bits per heavy atom. The van der Waals surface area contributed by atoms with Crippen molar-refractivity contribution in [1.29, 1.82) is 0 Å². The Morgan fingerprint density at radius 2 is 1.45 bits per heavy atom. The van der Waals surface area contributed by atoms with E-state index in [9.17, 15) is 4.79 Å². The number of piperidine rings is 2. The molecule has 0 bridgehead atoms. The predicted octanol–water partition coefficient (Wildman–Crippen LogP) is 6.42. The summed E-state index contributed by atoms with van der Waals surface area (Å²) >= 11 is 13.3. The van der Waals surface area contributed by atoms with Gasteiger partial charge in [-0.25, -0.2) is 4.98 Å². The first-order valence-corrected chi connectivity index (χ1v) is 15.6. The van der Waals surface area contributed by atoms with Gasteiger partial charge in [-0.15, -0.1) is 11.3 Å². The smallest absolute Gasteiger partial charge is 0.423 e. The number of carbonyl (C=O) groups is 1. The van der Waals surface area contributed by atoms with Crippen molar-refractivity contribution in [2.24, 2.45) is 0 Å². The topological polar surface area (TPSA) is 85.7 Å². The van der Waals surface area contributed by atoms with Gasteiger partial charge in [-0.2, -0.15) is 0 Å². The van der Waals surface area contributed by atoms with Gasteiger partial charge in [-0.3, -0.25) is 4.79 Å². The standard InChI is InChI=1S/C17H19ClN2OS.C7H15N.C6H6BClO2/c1-11-6-5-7-12(2)20(11)17(21)15-10-22-16(19-15)13-8-3-4-9-14(13)18;1-6-4-3-5-7(2)8-6;8-6-4-2-1-3-5(6)7(9)10/h3-4,8-12H,5-7H2,1-2H3;6-8H,3-5H2,1-2H3;1-4,9-10H. The SMILES string of the molecule is CC1CCCC(C)N1.CC1CCCC(C)N1C(=O)c1csc(-c2ccccc2Cl)n1.OB(O)c1ccccc1Cl. The number of aromatic nitrogens is 1. The van der Waals surface area contributed by atoms with Crippen molar-refractivity contribution in [3.05, 3.63) is 69.7 Å². The van der Waals surface area contributed by atoms with Gasteiger partial charge in [0, 0.05) is 45.6 Å². The molecule has 2 saturated heterocycles. The van der Waals surface area contributed by atoms with E-state index in [-0.39, 0.29) is 18.0 Å². The second-order valence-electron chi connectivity index (χ2n) is 10.7. The van der Waals surface area contributed by atoms with E-state index in [0.29, 0.717) is 21.2 Å². The number of carbonyl (C=O) groups excluding carboxylic acids is 1. The van der Waals surface area contributed by atoms with Crippen LogP contribution in [0.5, 0.6) is 0 Å². The van der Waals surface area contributed by atoms with Gasteiger partial charge in [0.15, 0.2) is 0 Å². The molecule has 0 aliphatic carbocycles. The lowest BCUT2D eigenvalue weighted by Gasteiger charge is -2.38. The van der Waals surface area contributed by atoms with E-state index in [1.807, 2.05) is 34.5 Å². The van der Waals surface area contributed by atoms with Gasteiger partial charge in [0.25, 0.3) is 5.91 Å². The van der Waals surface area contributed by atoms with E-state index in [2.05, 4.69) is 38.0 Å². The van der Waals surface area contributed by atoms with Crippen molar-refractivity contribution in [2.75, 3.05) is 0 Å². The molecule has 4 atom stereocenters. The second kappa shape index (κ2) is 15.9. The molecule has 2 aliphatic rings. The van der Waals surface area contributed by atoms with Crippen LogP contribution in [0.2, 0.25) is 10.0 Å². The average molecular weight is 604 g/mol. The van der Waals surface area contributed by atoms with E-state index in [4.69, 9.17) is 33.2 Å². The molecule has 1 amide bonds. The van der Waals surface area contributed by atoms with Crippen molar-refractivity contribution < 1.29 is 14.8 Å². The summed E-state index contributed by atoms with van der Waals surface area (Å²) in [5, 5.41) is 24.5. The van der Waals surface area contributed by atoms with Crippen molar-refractivity contribution in [3.8, 4) is 10.6 Å². The molecule has 3 aromatic rings.